The lowest BCUT2D eigenvalue weighted by molar-refractivity contribution is 0.280. The molecule has 1 aromatic heterocycles. The molecule has 0 radical (unpaired) electrons. The van der Waals surface area contributed by atoms with Crippen LogP contribution in [0, 0.1) is 13.8 Å². The third kappa shape index (κ3) is 1.33. The number of H-pyrrole nitrogens is 1. The standard InChI is InChI=1S/C8H11NO2/c1-5-6(2)8(11)9-3-7(5)4-10/h3,10H,4H2,1-2H3,(H,9,11). The lowest BCUT2D eigenvalue weighted by atomic mass is 10.1. The molecule has 0 atom stereocenters. The zero-order valence-electron chi connectivity index (χ0n) is 6.64. The van der Waals surface area contributed by atoms with E-state index in [1.165, 1.54) is 0 Å². The van der Waals surface area contributed by atoms with Crippen molar-refractivity contribution in [3.63, 3.8) is 0 Å². The van der Waals surface area contributed by atoms with E-state index in [0.29, 0.717) is 5.56 Å². The van der Waals surface area contributed by atoms with Crippen LogP contribution >= 0.6 is 0 Å². The van der Waals surface area contributed by atoms with Gasteiger partial charge in [-0.1, -0.05) is 0 Å². The maximum Gasteiger partial charge on any atom is 0.251 e. The number of nitrogens with one attached hydrogen (secondary N) is 1. The van der Waals surface area contributed by atoms with E-state index < -0.39 is 0 Å². The van der Waals surface area contributed by atoms with Crippen LogP contribution in [0.3, 0.4) is 0 Å². The second-order valence-corrected chi connectivity index (χ2v) is 2.55. The lowest BCUT2D eigenvalue weighted by Gasteiger charge is -2.03. The minimum Gasteiger partial charge on any atom is -0.392 e. The summed E-state index contributed by atoms with van der Waals surface area (Å²) in [5.74, 6) is 0. The maximum atomic E-state index is 11.0. The van der Waals surface area contributed by atoms with E-state index in [1.807, 2.05) is 6.92 Å². The molecule has 0 fully saturated rings. The third-order valence-corrected chi connectivity index (χ3v) is 1.93. The Balaban J connectivity index is 3.37. The zero-order chi connectivity index (χ0) is 8.43. The number of aliphatic hydroxyl groups excluding tert-OH is 1. The summed E-state index contributed by atoms with van der Waals surface area (Å²) < 4.78 is 0. The first-order valence-corrected chi connectivity index (χ1v) is 3.45. The Bertz CT molecular complexity index is 314. The van der Waals surface area contributed by atoms with Crippen LogP contribution in [0.4, 0.5) is 0 Å². The second-order valence-electron chi connectivity index (χ2n) is 2.55. The summed E-state index contributed by atoms with van der Waals surface area (Å²) in [6.45, 7) is 3.55. The van der Waals surface area contributed by atoms with Gasteiger partial charge in [0.2, 0.25) is 0 Å². The Morgan fingerprint density at radius 2 is 2.09 bits per heavy atom. The lowest BCUT2D eigenvalue weighted by Crippen LogP contribution is -2.12. The molecule has 3 nitrogen and oxygen atoms in total. The average Bonchev–Trinajstić information content (AvgIpc) is 2.01. The van der Waals surface area contributed by atoms with Crippen molar-refractivity contribution in [2.75, 3.05) is 0 Å². The van der Waals surface area contributed by atoms with Crippen molar-refractivity contribution in [2.24, 2.45) is 0 Å². The van der Waals surface area contributed by atoms with Gasteiger partial charge in [0, 0.05) is 11.8 Å². The molecule has 0 bridgehead atoms. The molecule has 0 amide bonds. The monoisotopic (exact) mass is 153 g/mol. The molecule has 2 N–H and O–H groups in total. The Labute approximate surface area is 64.7 Å². The van der Waals surface area contributed by atoms with Crippen LogP contribution in [0.15, 0.2) is 11.0 Å². The Morgan fingerprint density at radius 1 is 1.45 bits per heavy atom. The van der Waals surface area contributed by atoms with Crippen molar-refractivity contribution in [1.82, 2.24) is 4.98 Å². The van der Waals surface area contributed by atoms with Crippen molar-refractivity contribution < 1.29 is 5.11 Å². The first-order valence-electron chi connectivity index (χ1n) is 3.45. The Hall–Kier alpha value is -1.09. The number of hydrogen-bond donors (Lipinski definition) is 2. The van der Waals surface area contributed by atoms with Crippen LogP contribution in [-0.4, -0.2) is 10.1 Å². The van der Waals surface area contributed by atoms with E-state index in [2.05, 4.69) is 4.98 Å². The molecule has 0 saturated carbocycles. The number of aromatic nitrogens is 1. The smallest absolute Gasteiger partial charge is 0.251 e. The van der Waals surface area contributed by atoms with Gasteiger partial charge in [0.05, 0.1) is 6.61 Å². The molecule has 60 valence electrons. The van der Waals surface area contributed by atoms with E-state index in [9.17, 15) is 4.79 Å². The molecular formula is C8H11NO2. The van der Waals surface area contributed by atoms with Gasteiger partial charge in [0.15, 0.2) is 0 Å². The van der Waals surface area contributed by atoms with E-state index in [-0.39, 0.29) is 12.2 Å². The highest BCUT2D eigenvalue weighted by Crippen LogP contribution is 2.06. The quantitative estimate of drug-likeness (QED) is 0.616. The molecule has 1 heterocycles. The molecule has 0 aromatic carbocycles. The largest absolute Gasteiger partial charge is 0.392 e. The maximum absolute atomic E-state index is 11.0. The van der Waals surface area contributed by atoms with Gasteiger partial charge in [0.25, 0.3) is 5.56 Å². The number of rotatable bonds is 1. The predicted octanol–water partition coefficient (Wildman–Crippen LogP) is 0.484. The summed E-state index contributed by atoms with van der Waals surface area (Å²) in [4.78, 5) is 13.5. The van der Waals surface area contributed by atoms with E-state index >= 15 is 0 Å². The molecular weight excluding hydrogens is 142 g/mol. The molecule has 0 saturated heterocycles. The summed E-state index contributed by atoms with van der Waals surface area (Å²) in [6, 6.07) is 0. The van der Waals surface area contributed by atoms with E-state index in [1.54, 1.807) is 13.1 Å². The van der Waals surface area contributed by atoms with Gasteiger partial charge in [-0.2, -0.15) is 0 Å². The van der Waals surface area contributed by atoms with Crippen LogP contribution in [0.5, 0.6) is 0 Å². The van der Waals surface area contributed by atoms with E-state index in [4.69, 9.17) is 5.11 Å². The minimum absolute atomic E-state index is 0.0244. The molecule has 0 aliphatic rings. The highest BCUT2D eigenvalue weighted by atomic mass is 16.3. The van der Waals surface area contributed by atoms with Gasteiger partial charge in [-0.05, 0) is 25.0 Å². The highest BCUT2D eigenvalue weighted by Gasteiger charge is 2.01. The Kier molecular flexibility index (Phi) is 2.10. The van der Waals surface area contributed by atoms with Crippen LogP contribution < -0.4 is 5.56 Å². The summed E-state index contributed by atoms with van der Waals surface area (Å²) >= 11 is 0. The molecule has 0 spiro atoms. The predicted molar refractivity (Wildman–Crippen MR) is 42.5 cm³/mol. The summed E-state index contributed by atoms with van der Waals surface area (Å²) in [5.41, 5.74) is 2.25. The highest BCUT2D eigenvalue weighted by molar-refractivity contribution is 5.28. The number of aromatic amines is 1. The molecule has 0 aliphatic heterocycles. The van der Waals surface area contributed by atoms with Gasteiger partial charge < -0.3 is 10.1 Å². The number of pyridine rings is 1. The number of hydrogen-bond acceptors (Lipinski definition) is 2. The molecule has 11 heavy (non-hydrogen) atoms. The normalized spacial score (nSPS) is 10.1. The molecule has 0 aliphatic carbocycles. The first-order chi connectivity index (χ1) is 5.16. The molecule has 1 rings (SSSR count). The summed E-state index contributed by atoms with van der Waals surface area (Å²) in [5, 5.41) is 8.81. The Morgan fingerprint density at radius 3 is 2.64 bits per heavy atom. The van der Waals surface area contributed by atoms with Crippen LogP contribution in [0.2, 0.25) is 0 Å². The van der Waals surface area contributed by atoms with Crippen molar-refractivity contribution in [3.8, 4) is 0 Å². The van der Waals surface area contributed by atoms with Crippen LogP contribution in [0.25, 0.3) is 0 Å². The fourth-order valence-electron chi connectivity index (χ4n) is 0.945. The summed E-state index contributed by atoms with van der Waals surface area (Å²) in [6.07, 6.45) is 1.55. The van der Waals surface area contributed by atoms with Crippen LogP contribution in [0.1, 0.15) is 16.7 Å². The van der Waals surface area contributed by atoms with Gasteiger partial charge in [-0.15, -0.1) is 0 Å². The van der Waals surface area contributed by atoms with Gasteiger partial charge >= 0.3 is 0 Å². The minimum atomic E-state index is -0.0836. The molecule has 0 unspecified atom stereocenters. The van der Waals surface area contributed by atoms with Crippen molar-refractivity contribution >= 4 is 0 Å². The number of aliphatic hydroxyl groups is 1. The third-order valence-electron chi connectivity index (χ3n) is 1.93. The molecule has 3 heteroatoms. The van der Waals surface area contributed by atoms with Gasteiger partial charge in [0.1, 0.15) is 0 Å². The van der Waals surface area contributed by atoms with E-state index in [0.717, 1.165) is 11.1 Å². The molecule has 1 aromatic rings. The SMILES string of the molecule is Cc1c(CO)c[nH]c(=O)c1C. The zero-order valence-corrected chi connectivity index (χ0v) is 6.64. The first kappa shape index (κ1) is 8.01. The van der Waals surface area contributed by atoms with Gasteiger partial charge in [-0.25, -0.2) is 0 Å². The summed E-state index contributed by atoms with van der Waals surface area (Å²) in [7, 11) is 0. The van der Waals surface area contributed by atoms with Crippen molar-refractivity contribution in [2.45, 2.75) is 20.5 Å². The fraction of sp³-hybridized carbons (Fsp3) is 0.375. The van der Waals surface area contributed by atoms with Crippen LogP contribution in [-0.2, 0) is 6.61 Å². The second kappa shape index (κ2) is 2.88. The topological polar surface area (TPSA) is 53.1 Å². The fourth-order valence-corrected chi connectivity index (χ4v) is 0.945. The van der Waals surface area contributed by atoms with Gasteiger partial charge in [-0.3, -0.25) is 4.79 Å². The average molecular weight is 153 g/mol. The van der Waals surface area contributed by atoms with Crippen molar-refractivity contribution in [3.05, 3.63) is 33.2 Å². The van der Waals surface area contributed by atoms with Crippen molar-refractivity contribution in [1.29, 1.82) is 0 Å².